The number of hydrogen-bond donors (Lipinski definition) is 3. The second kappa shape index (κ2) is 4.34. The van der Waals surface area contributed by atoms with E-state index in [1.165, 1.54) is 17.0 Å². The van der Waals surface area contributed by atoms with Gasteiger partial charge < -0.3 is 15.7 Å². The molecule has 3 rings (SSSR count). The number of nitrogens with two attached hydrogens (primary N) is 1. The number of carboxylic acid groups (broad SMARTS) is 1. The maximum absolute atomic E-state index is 12.3. The van der Waals surface area contributed by atoms with Crippen LogP contribution in [-0.2, 0) is 6.42 Å². The van der Waals surface area contributed by atoms with E-state index in [0.717, 1.165) is 5.56 Å². The van der Waals surface area contributed by atoms with Crippen molar-refractivity contribution < 1.29 is 14.7 Å². The van der Waals surface area contributed by atoms with Crippen LogP contribution in [0.2, 0.25) is 0 Å². The summed E-state index contributed by atoms with van der Waals surface area (Å²) < 4.78 is 0. The molecular formula is C12H11N5O3. The molecule has 1 aromatic heterocycles. The molecule has 2 aromatic rings. The molecule has 0 fully saturated rings. The van der Waals surface area contributed by atoms with E-state index < -0.39 is 5.97 Å². The van der Waals surface area contributed by atoms with Crippen molar-refractivity contribution in [3.05, 3.63) is 35.2 Å². The summed E-state index contributed by atoms with van der Waals surface area (Å²) >= 11 is 0. The van der Waals surface area contributed by atoms with E-state index in [2.05, 4.69) is 15.2 Å². The SMILES string of the molecule is Nc1n[nH]c(C(=O)N2CCc3ccc(C(=O)O)cc32)n1. The van der Waals surface area contributed by atoms with Gasteiger partial charge in [0.1, 0.15) is 0 Å². The molecule has 1 aliphatic rings. The number of anilines is 2. The molecule has 0 bridgehead atoms. The highest BCUT2D eigenvalue weighted by Gasteiger charge is 2.28. The van der Waals surface area contributed by atoms with Crippen LogP contribution in [0.15, 0.2) is 18.2 Å². The second-order valence-corrected chi connectivity index (χ2v) is 4.40. The molecule has 0 spiro atoms. The third-order valence-corrected chi connectivity index (χ3v) is 3.18. The first kappa shape index (κ1) is 12.2. The summed E-state index contributed by atoms with van der Waals surface area (Å²) in [6.45, 7) is 0.470. The van der Waals surface area contributed by atoms with Gasteiger partial charge in [-0.1, -0.05) is 6.07 Å². The highest BCUT2D eigenvalue weighted by atomic mass is 16.4. The van der Waals surface area contributed by atoms with Gasteiger partial charge in [-0.3, -0.25) is 9.89 Å². The number of carbonyl (C=O) groups is 2. The van der Waals surface area contributed by atoms with Crippen LogP contribution in [0.1, 0.15) is 26.5 Å². The molecule has 8 nitrogen and oxygen atoms in total. The summed E-state index contributed by atoms with van der Waals surface area (Å²) in [5.41, 5.74) is 7.03. The Kier molecular flexibility index (Phi) is 2.63. The van der Waals surface area contributed by atoms with Gasteiger partial charge in [-0.25, -0.2) is 4.79 Å². The van der Waals surface area contributed by atoms with Crippen molar-refractivity contribution in [1.82, 2.24) is 15.2 Å². The van der Waals surface area contributed by atoms with Gasteiger partial charge in [0.2, 0.25) is 11.8 Å². The number of rotatable bonds is 2. The van der Waals surface area contributed by atoms with Crippen LogP contribution in [-0.4, -0.2) is 38.7 Å². The fourth-order valence-electron chi connectivity index (χ4n) is 2.22. The molecule has 4 N–H and O–H groups in total. The molecule has 20 heavy (non-hydrogen) atoms. The van der Waals surface area contributed by atoms with Crippen LogP contribution in [0.5, 0.6) is 0 Å². The average molecular weight is 273 g/mol. The summed E-state index contributed by atoms with van der Waals surface area (Å²) in [6.07, 6.45) is 0.671. The molecule has 2 heterocycles. The van der Waals surface area contributed by atoms with Crippen molar-refractivity contribution in [3.8, 4) is 0 Å². The van der Waals surface area contributed by atoms with Crippen molar-refractivity contribution >= 4 is 23.5 Å². The maximum Gasteiger partial charge on any atom is 0.335 e. The summed E-state index contributed by atoms with van der Waals surface area (Å²) in [4.78, 5) is 28.6. The molecule has 0 atom stereocenters. The number of nitrogens with zero attached hydrogens (tertiary/aromatic N) is 3. The second-order valence-electron chi connectivity index (χ2n) is 4.40. The number of aromatic amines is 1. The number of aromatic carboxylic acids is 1. The number of nitrogens with one attached hydrogen (secondary N) is 1. The molecule has 0 unspecified atom stereocenters. The van der Waals surface area contributed by atoms with E-state index >= 15 is 0 Å². The fourth-order valence-corrected chi connectivity index (χ4v) is 2.22. The third-order valence-electron chi connectivity index (χ3n) is 3.18. The standard InChI is InChI=1S/C12H11N5O3/c13-12-14-9(15-16-12)10(18)17-4-3-6-1-2-7(11(19)20)5-8(6)17/h1-2,5H,3-4H2,(H,19,20)(H3,13,14,15,16). The molecule has 1 aromatic carbocycles. The molecule has 8 heteroatoms. The zero-order valence-corrected chi connectivity index (χ0v) is 10.3. The molecule has 0 saturated heterocycles. The Hall–Kier alpha value is -2.90. The fraction of sp³-hybridized carbons (Fsp3) is 0.167. The van der Waals surface area contributed by atoms with E-state index in [1.807, 2.05) is 0 Å². The molecular weight excluding hydrogens is 262 g/mol. The van der Waals surface area contributed by atoms with Crippen LogP contribution >= 0.6 is 0 Å². The van der Waals surface area contributed by atoms with E-state index in [1.54, 1.807) is 6.07 Å². The molecule has 102 valence electrons. The lowest BCUT2D eigenvalue weighted by Gasteiger charge is -2.15. The van der Waals surface area contributed by atoms with Gasteiger partial charge in [0, 0.05) is 12.2 Å². The summed E-state index contributed by atoms with van der Waals surface area (Å²) in [6, 6.07) is 4.74. The largest absolute Gasteiger partial charge is 0.478 e. The van der Waals surface area contributed by atoms with Crippen LogP contribution in [0.3, 0.4) is 0 Å². The number of aromatic nitrogens is 3. The highest BCUT2D eigenvalue weighted by Crippen LogP contribution is 2.30. The number of carboxylic acids is 1. The Balaban J connectivity index is 1.97. The topological polar surface area (TPSA) is 125 Å². The smallest absolute Gasteiger partial charge is 0.335 e. The Morgan fingerprint density at radius 2 is 2.20 bits per heavy atom. The Morgan fingerprint density at radius 1 is 1.40 bits per heavy atom. The van der Waals surface area contributed by atoms with Crippen molar-refractivity contribution in [1.29, 1.82) is 0 Å². The van der Waals surface area contributed by atoms with Crippen molar-refractivity contribution in [2.24, 2.45) is 0 Å². The lowest BCUT2D eigenvalue weighted by molar-refractivity contribution is 0.0696. The zero-order chi connectivity index (χ0) is 14.3. The predicted octanol–water partition coefficient (Wildman–Crippen LogP) is 0.288. The van der Waals surface area contributed by atoms with Gasteiger partial charge in [0.25, 0.3) is 5.91 Å². The van der Waals surface area contributed by atoms with Gasteiger partial charge >= 0.3 is 5.97 Å². The number of nitrogen functional groups attached to an aromatic ring is 1. The summed E-state index contributed by atoms with van der Waals surface area (Å²) in [7, 11) is 0. The molecule has 1 amide bonds. The first-order valence-electron chi connectivity index (χ1n) is 5.92. The number of carbonyl (C=O) groups excluding carboxylic acids is 1. The number of hydrogen-bond acceptors (Lipinski definition) is 5. The minimum atomic E-state index is -1.03. The van der Waals surface area contributed by atoms with E-state index in [9.17, 15) is 9.59 Å². The average Bonchev–Trinajstić information content (AvgIpc) is 3.03. The quantitative estimate of drug-likeness (QED) is 0.722. The van der Waals surface area contributed by atoms with Gasteiger partial charge in [0.05, 0.1) is 5.56 Å². The number of H-pyrrole nitrogens is 1. The van der Waals surface area contributed by atoms with Crippen molar-refractivity contribution in [2.45, 2.75) is 6.42 Å². The van der Waals surface area contributed by atoms with Crippen LogP contribution < -0.4 is 10.6 Å². The van der Waals surface area contributed by atoms with Crippen LogP contribution in [0.4, 0.5) is 11.6 Å². The van der Waals surface area contributed by atoms with Crippen LogP contribution in [0, 0.1) is 0 Å². The van der Waals surface area contributed by atoms with Gasteiger partial charge in [-0.05, 0) is 24.1 Å². The van der Waals surface area contributed by atoms with Gasteiger partial charge in [-0.2, -0.15) is 4.98 Å². The molecule has 0 saturated carbocycles. The minimum absolute atomic E-state index is 0.00735. The normalized spacial score (nSPS) is 13.3. The highest BCUT2D eigenvalue weighted by molar-refractivity contribution is 6.05. The molecule has 0 radical (unpaired) electrons. The van der Waals surface area contributed by atoms with E-state index in [0.29, 0.717) is 18.7 Å². The van der Waals surface area contributed by atoms with Crippen molar-refractivity contribution in [2.75, 3.05) is 17.2 Å². The summed E-state index contributed by atoms with van der Waals surface area (Å²) in [5.74, 6) is -1.38. The molecule has 0 aliphatic carbocycles. The first-order chi connectivity index (χ1) is 9.56. The van der Waals surface area contributed by atoms with E-state index in [-0.39, 0.29) is 23.2 Å². The number of amides is 1. The van der Waals surface area contributed by atoms with Crippen LogP contribution in [0.25, 0.3) is 0 Å². The monoisotopic (exact) mass is 273 g/mol. The lowest BCUT2D eigenvalue weighted by Crippen LogP contribution is -2.30. The summed E-state index contributed by atoms with van der Waals surface area (Å²) in [5, 5.41) is 15.1. The lowest BCUT2D eigenvalue weighted by atomic mass is 10.1. The van der Waals surface area contributed by atoms with E-state index in [4.69, 9.17) is 10.8 Å². The Labute approximate surface area is 113 Å². The first-order valence-corrected chi connectivity index (χ1v) is 5.92. The van der Waals surface area contributed by atoms with Gasteiger partial charge in [0.15, 0.2) is 0 Å². The Morgan fingerprint density at radius 3 is 2.85 bits per heavy atom. The third kappa shape index (κ3) is 1.87. The number of benzene rings is 1. The van der Waals surface area contributed by atoms with Crippen molar-refractivity contribution in [3.63, 3.8) is 0 Å². The Bertz CT molecular complexity index is 709. The number of fused-ring (bicyclic) bond motifs is 1. The zero-order valence-electron chi connectivity index (χ0n) is 10.3. The molecule has 1 aliphatic heterocycles. The minimum Gasteiger partial charge on any atom is -0.478 e. The predicted molar refractivity (Wildman–Crippen MR) is 69.6 cm³/mol. The van der Waals surface area contributed by atoms with Gasteiger partial charge in [-0.15, -0.1) is 5.10 Å². The maximum atomic E-state index is 12.3.